The van der Waals surface area contributed by atoms with Crippen LogP contribution in [0.4, 0.5) is 5.13 Å². The number of nitrogens with one attached hydrogen (secondary N) is 2. The Morgan fingerprint density at radius 3 is 2.62 bits per heavy atom. The molecule has 1 fully saturated rings. The molecule has 1 aromatic carbocycles. The zero-order chi connectivity index (χ0) is 17.2. The van der Waals surface area contributed by atoms with Crippen LogP contribution in [0.5, 0.6) is 0 Å². The molecule has 2 N–H and O–H groups in total. The number of amides is 1. The van der Waals surface area contributed by atoms with Gasteiger partial charge < -0.3 is 0 Å². The molecule has 1 aliphatic rings. The van der Waals surface area contributed by atoms with E-state index in [9.17, 15) is 13.2 Å². The number of aryl methyl sites for hydroxylation is 1. The molecule has 7 nitrogen and oxygen atoms in total. The van der Waals surface area contributed by atoms with Gasteiger partial charge in [0.25, 0.3) is 15.9 Å². The van der Waals surface area contributed by atoms with E-state index in [0.717, 1.165) is 42.6 Å². The summed E-state index contributed by atoms with van der Waals surface area (Å²) in [5.41, 5.74) is 1.34. The first-order valence-corrected chi connectivity index (χ1v) is 9.98. The number of carbonyl (C=O) groups is 1. The van der Waals surface area contributed by atoms with E-state index in [1.54, 1.807) is 12.1 Å². The standard InChI is InChI=1S/C15H18N4O3S2/c1-10-6-2-5-9-12(10)13(20)16-14-17-18-15(23-14)24(21,22)19-11-7-3-4-8-11/h2,5-6,9,11,19H,3-4,7-8H2,1H3,(H,16,17,20). The van der Waals surface area contributed by atoms with Gasteiger partial charge in [-0.1, -0.05) is 42.4 Å². The van der Waals surface area contributed by atoms with E-state index < -0.39 is 10.0 Å². The molecular weight excluding hydrogens is 348 g/mol. The van der Waals surface area contributed by atoms with Crippen molar-refractivity contribution >= 4 is 32.4 Å². The number of rotatable bonds is 5. The van der Waals surface area contributed by atoms with Crippen molar-refractivity contribution in [1.29, 1.82) is 0 Å². The lowest BCUT2D eigenvalue weighted by Crippen LogP contribution is -2.32. The van der Waals surface area contributed by atoms with Crippen LogP contribution in [0.2, 0.25) is 0 Å². The molecule has 128 valence electrons. The number of aromatic nitrogens is 2. The van der Waals surface area contributed by atoms with E-state index in [1.807, 2.05) is 19.1 Å². The Kier molecular flexibility index (Phi) is 4.93. The second kappa shape index (κ2) is 6.96. The van der Waals surface area contributed by atoms with Crippen molar-refractivity contribution in [1.82, 2.24) is 14.9 Å². The van der Waals surface area contributed by atoms with E-state index in [-0.39, 0.29) is 21.4 Å². The smallest absolute Gasteiger partial charge is 0.270 e. The minimum absolute atomic E-state index is 0.0380. The molecule has 0 unspecified atom stereocenters. The maximum absolute atomic E-state index is 12.3. The number of nitrogens with zero attached hydrogens (tertiary/aromatic N) is 2. The lowest BCUT2D eigenvalue weighted by Gasteiger charge is -2.09. The average molecular weight is 366 g/mol. The fraction of sp³-hybridized carbons (Fsp3) is 0.400. The molecule has 0 spiro atoms. The van der Waals surface area contributed by atoms with Crippen LogP contribution in [0.25, 0.3) is 0 Å². The first-order chi connectivity index (χ1) is 11.5. The van der Waals surface area contributed by atoms with E-state index in [2.05, 4.69) is 20.2 Å². The molecule has 9 heteroatoms. The highest BCUT2D eigenvalue weighted by atomic mass is 32.2. The largest absolute Gasteiger partial charge is 0.296 e. The van der Waals surface area contributed by atoms with Crippen molar-refractivity contribution in [3.63, 3.8) is 0 Å². The van der Waals surface area contributed by atoms with Crippen LogP contribution in [0, 0.1) is 6.92 Å². The third-order valence-electron chi connectivity index (χ3n) is 3.92. The van der Waals surface area contributed by atoms with Gasteiger partial charge in [-0.05, 0) is 31.4 Å². The fourth-order valence-corrected chi connectivity index (χ4v) is 4.89. The zero-order valence-corrected chi connectivity index (χ0v) is 14.8. The van der Waals surface area contributed by atoms with Crippen LogP contribution in [-0.2, 0) is 10.0 Å². The highest BCUT2D eigenvalue weighted by Gasteiger charge is 2.26. The number of carbonyl (C=O) groups excluding carboxylic acids is 1. The number of hydrogen-bond donors (Lipinski definition) is 2. The van der Waals surface area contributed by atoms with Gasteiger partial charge in [0.05, 0.1) is 0 Å². The molecule has 0 aliphatic heterocycles. The molecule has 0 bridgehead atoms. The van der Waals surface area contributed by atoms with E-state index >= 15 is 0 Å². The van der Waals surface area contributed by atoms with Crippen LogP contribution >= 0.6 is 11.3 Å². The van der Waals surface area contributed by atoms with Crippen molar-refractivity contribution in [3.05, 3.63) is 35.4 Å². The molecular formula is C15H18N4O3S2. The van der Waals surface area contributed by atoms with Gasteiger partial charge in [0, 0.05) is 11.6 Å². The third kappa shape index (κ3) is 3.80. The molecule has 1 amide bonds. The molecule has 0 saturated heterocycles. The van der Waals surface area contributed by atoms with Gasteiger partial charge in [0.1, 0.15) is 0 Å². The quantitative estimate of drug-likeness (QED) is 0.791. The van der Waals surface area contributed by atoms with Crippen molar-refractivity contribution < 1.29 is 13.2 Å². The fourth-order valence-electron chi connectivity index (χ4n) is 2.67. The summed E-state index contributed by atoms with van der Waals surface area (Å²) in [5.74, 6) is -0.336. The van der Waals surface area contributed by atoms with Crippen molar-refractivity contribution in [2.24, 2.45) is 0 Å². The molecule has 0 atom stereocenters. The molecule has 1 saturated carbocycles. The maximum atomic E-state index is 12.3. The van der Waals surface area contributed by atoms with Crippen molar-refractivity contribution in [3.8, 4) is 0 Å². The van der Waals surface area contributed by atoms with Crippen molar-refractivity contribution in [2.45, 2.75) is 43.0 Å². The Morgan fingerprint density at radius 2 is 1.92 bits per heavy atom. The number of hydrogen-bond acceptors (Lipinski definition) is 6. The van der Waals surface area contributed by atoms with Gasteiger partial charge in [0.15, 0.2) is 0 Å². The first kappa shape index (κ1) is 17.0. The maximum Gasteiger partial charge on any atom is 0.270 e. The van der Waals surface area contributed by atoms with Crippen molar-refractivity contribution in [2.75, 3.05) is 5.32 Å². The third-order valence-corrected chi connectivity index (χ3v) is 6.65. The molecule has 0 radical (unpaired) electrons. The second-order valence-electron chi connectivity index (χ2n) is 5.74. The van der Waals surface area contributed by atoms with Gasteiger partial charge in [-0.25, -0.2) is 13.1 Å². The summed E-state index contributed by atoms with van der Waals surface area (Å²) in [7, 11) is -3.69. The predicted molar refractivity (Wildman–Crippen MR) is 91.6 cm³/mol. The van der Waals surface area contributed by atoms with Gasteiger partial charge in [-0.2, -0.15) is 0 Å². The summed E-state index contributed by atoms with van der Waals surface area (Å²) >= 11 is 0.847. The van der Waals surface area contributed by atoms with E-state index in [1.165, 1.54) is 0 Å². The Hall–Kier alpha value is -1.84. The van der Waals surface area contributed by atoms with Gasteiger partial charge >= 0.3 is 0 Å². The monoisotopic (exact) mass is 366 g/mol. The van der Waals surface area contributed by atoms with Crippen LogP contribution in [0.3, 0.4) is 0 Å². The second-order valence-corrected chi connectivity index (χ2v) is 8.61. The summed E-state index contributed by atoms with van der Waals surface area (Å²) in [6.07, 6.45) is 3.74. The van der Waals surface area contributed by atoms with Gasteiger partial charge in [0.2, 0.25) is 9.47 Å². The van der Waals surface area contributed by atoms with Gasteiger partial charge in [-0.15, -0.1) is 10.2 Å². The van der Waals surface area contributed by atoms with Crippen LogP contribution in [-0.4, -0.2) is 30.6 Å². The molecule has 1 heterocycles. The zero-order valence-electron chi connectivity index (χ0n) is 13.2. The van der Waals surface area contributed by atoms with E-state index in [0.29, 0.717) is 5.56 Å². The Morgan fingerprint density at radius 1 is 1.21 bits per heavy atom. The summed E-state index contributed by atoms with van der Waals surface area (Å²) in [6.45, 7) is 1.83. The lowest BCUT2D eigenvalue weighted by atomic mass is 10.1. The topological polar surface area (TPSA) is 101 Å². The van der Waals surface area contributed by atoms with Crippen LogP contribution in [0.15, 0.2) is 28.6 Å². The normalized spacial score (nSPS) is 15.5. The minimum Gasteiger partial charge on any atom is -0.296 e. The van der Waals surface area contributed by atoms with Gasteiger partial charge in [-0.3, -0.25) is 10.1 Å². The molecule has 3 rings (SSSR count). The molecule has 1 aromatic heterocycles. The van der Waals surface area contributed by atoms with Crippen LogP contribution in [0.1, 0.15) is 41.6 Å². The lowest BCUT2D eigenvalue weighted by molar-refractivity contribution is 0.102. The summed E-state index contributed by atoms with van der Waals surface area (Å²) in [4.78, 5) is 12.2. The highest BCUT2D eigenvalue weighted by Crippen LogP contribution is 2.24. The SMILES string of the molecule is Cc1ccccc1C(=O)Nc1nnc(S(=O)(=O)NC2CCCC2)s1. The number of sulfonamides is 1. The average Bonchev–Trinajstić information content (AvgIpc) is 3.19. The predicted octanol–water partition coefficient (Wildman–Crippen LogP) is 2.32. The molecule has 1 aliphatic carbocycles. The minimum atomic E-state index is -3.69. The molecule has 2 aromatic rings. The molecule has 24 heavy (non-hydrogen) atoms. The number of benzene rings is 1. The highest BCUT2D eigenvalue weighted by molar-refractivity contribution is 7.91. The Bertz CT molecular complexity index is 842. The summed E-state index contributed by atoms with van der Waals surface area (Å²) < 4.78 is 27.1. The van der Waals surface area contributed by atoms with E-state index in [4.69, 9.17) is 0 Å². The Labute approximate surface area is 144 Å². The summed E-state index contributed by atoms with van der Waals surface area (Å²) in [5, 5.41) is 10.2. The Balaban J connectivity index is 1.71. The summed E-state index contributed by atoms with van der Waals surface area (Å²) in [6, 6.07) is 7.10. The number of anilines is 1. The van der Waals surface area contributed by atoms with Crippen LogP contribution < -0.4 is 10.0 Å². The first-order valence-electron chi connectivity index (χ1n) is 7.68.